The van der Waals surface area contributed by atoms with Crippen molar-refractivity contribution in [1.82, 2.24) is 5.32 Å². The zero-order valence-electron chi connectivity index (χ0n) is 9.83. The van der Waals surface area contributed by atoms with Crippen molar-refractivity contribution >= 4 is 23.2 Å². The number of halogens is 1. The van der Waals surface area contributed by atoms with Crippen LogP contribution in [0, 0.1) is 0 Å². The summed E-state index contributed by atoms with van der Waals surface area (Å²) in [5.74, 6) is -0.209. The highest BCUT2D eigenvalue weighted by Gasteiger charge is 2.09. The molecule has 4 nitrogen and oxygen atoms in total. The third-order valence-electron chi connectivity index (χ3n) is 2.19. The smallest absolute Gasteiger partial charge is 0.252 e. The first-order valence-electron chi connectivity index (χ1n) is 5.56. The number of benzene rings is 1. The van der Waals surface area contributed by atoms with Crippen LogP contribution >= 0.6 is 11.6 Å². The lowest BCUT2D eigenvalue weighted by Gasteiger charge is -2.07. The van der Waals surface area contributed by atoms with Gasteiger partial charge in [0.25, 0.3) is 5.91 Å². The highest BCUT2D eigenvalue weighted by Crippen LogP contribution is 2.18. The SMILES string of the molecule is CCOCCCNC(=O)c1cc(N)ccc1Cl. The van der Waals surface area contributed by atoms with E-state index in [2.05, 4.69) is 5.32 Å². The number of ether oxygens (including phenoxy) is 1. The van der Waals surface area contributed by atoms with E-state index in [-0.39, 0.29) is 5.91 Å². The summed E-state index contributed by atoms with van der Waals surface area (Å²) in [7, 11) is 0. The molecule has 0 saturated carbocycles. The van der Waals surface area contributed by atoms with Crippen LogP contribution in [0.15, 0.2) is 18.2 Å². The van der Waals surface area contributed by atoms with Crippen LogP contribution in [0.4, 0.5) is 5.69 Å². The Bertz CT molecular complexity index is 383. The van der Waals surface area contributed by atoms with Gasteiger partial charge in [-0.1, -0.05) is 11.6 Å². The molecule has 0 fully saturated rings. The average Bonchev–Trinajstić information content (AvgIpc) is 2.32. The summed E-state index contributed by atoms with van der Waals surface area (Å²) < 4.78 is 5.17. The number of carbonyl (C=O) groups is 1. The molecule has 0 heterocycles. The molecule has 94 valence electrons. The first kappa shape index (κ1) is 13.8. The minimum Gasteiger partial charge on any atom is -0.399 e. The maximum absolute atomic E-state index is 11.8. The normalized spacial score (nSPS) is 10.2. The van der Waals surface area contributed by atoms with Gasteiger partial charge in [-0.3, -0.25) is 4.79 Å². The van der Waals surface area contributed by atoms with Crippen LogP contribution in [0.5, 0.6) is 0 Å². The van der Waals surface area contributed by atoms with Crippen LogP contribution < -0.4 is 11.1 Å². The molecule has 0 aliphatic rings. The topological polar surface area (TPSA) is 64.3 Å². The molecule has 0 bridgehead atoms. The van der Waals surface area contributed by atoms with E-state index in [1.165, 1.54) is 0 Å². The molecule has 5 heteroatoms. The quantitative estimate of drug-likeness (QED) is 0.605. The van der Waals surface area contributed by atoms with Gasteiger partial charge in [-0.05, 0) is 31.5 Å². The van der Waals surface area contributed by atoms with E-state index in [0.29, 0.717) is 36.0 Å². The molecule has 0 aromatic heterocycles. The van der Waals surface area contributed by atoms with Crippen molar-refractivity contribution in [3.05, 3.63) is 28.8 Å². The number of nitrogens with one attached hydrogen (secondary N) is 1. The fraction of sp³-hybridized carbons (Fsp3) is 0.417. The van der Waals surface area contributed by atoms with Crippen LogP contribution in [-0.2, 0) is 4.74 Å². The molecule has 0 saturated heterocycles. The van der Waals surface area contributed by atoms with E-state index in [1.807, 2.05) is 6.92 Å². The Labute approximate surface area is 106 Å². The molecule has 0 aliphatic carbocycles. The maximum Gasteiger partial charge on any atom is 0.252 e. The molecule has 0 atom stereocenters. The van der Waals surface area contributed by atoms with Gasteiger partial charge in [0.2, 0.25) is 0 Å². The second-order valence-electron chi connectivity index (χ2n) is 3.55. The van der Waals surface area contributed by atoms with Crippen molar-refractivity contribution in [3.63, 3.8) is 0 Å². The van der Waals surface area contributed by atoms with Gasteiger partial charge in [-0.2, -0.15) is 0 Å². The summed E-state index contributed by atoms with van der Waals surface area (Å²) in [6.45, 7) is 3.82. The number of rotatable bonds is 6. The Balaban J connectivity index is 2.44. The van der Waals surface area contributed by atoms with Gasteiger partial charge in [-0.15, -0.1) is 0 Å². The largest absolute Gasteiger partial charge is 0.399 e. The molecular formula is C12H17ClN2O2. The first-order valence-corrected chi connectivity index (χ1v) is 5.94. The van der Waals surface area contributed by atoms with E-state index >= 15 is 0 Å². The summed E-state index contributed by atoms with van der Waals surface area (Å²) >= 11 is 5.91. The van der Waals surface area contributed by atoms with Gasteiger partial charge in [0.15, 0.2) is 0 Å². The van der Waals surface area contributed by atoms with Crippen molar-refractivity contribution in [3.8, 4) is 0 Å². The number of hydrogen-bond acceptors (Lipinski definition) is 3. The maximum atomic E-state index is 11.8. The summed E-state index contributed by atoms with van der Waals surface area (Å²) in [5, 5.41) is 3.17. The summed E-state index contributed by atoms with van der Waals surface area (Å²) in [4.78, 5) is 11.8. The molecule has 0 spiro atoms. The summed E-state index contributed by atoms with van der Waals surface area (Å²) in [5.41, 5.74) is 6.53. The van der Waals surface area contributed by atoms with E-state index in [1.54, 1.807) is 18.2 Å². The van der Waals surface area contributed by atoms with Crippen LogP contribution in [0.3, 0.4) is 0 Å². The van der Waals surface area contributed by atoms with Crippen LogP contribution in [0.25, 0.3) is 0 Å². The Morgan fingerprint density at radius 1 is 1.53 bits per heavy atom. The fourth-order valence-electron chi connectivity index (χ4n) is 1.33. The Kier molecular flexibility index (Phi) is 5.80. The molecular weight excluding hydrogens is 240 g/mol. The monoisotopic (exact) mass is 256 g/mol. The molecule has 1 rings (SSSR count). The van der Waals surface area contributed by atoms with Gasteiger partial charge in [0, 0.05) is 25.4 Å². The highest BCUT2D eigenvalue weighted by atomic mass is 35.5. The fourth-order valence-corrected chi connectivity index (χ4v) is 1.54. The third kappa shape index (κ3) is 4.63. The van der Waals surface area contributed by atoms with Gasteiger partial charge in [0.05, 0.1) is 10.6 Å². The second-order valence-corrected chi connectivity index (χ2v) is 3.95. The van der Waals surface area contributed by atoms with E-state index in [0.717, 1.165) is 6.42 Å². The standard InChI is InChI=1S/C12H17ClN2O2/c1-2-17-7-3-6-15-12(16)10-8-9(14)4-5-11(10)13/h4-5,8H,2-3,6-7,14H2,1H3,(H,15,16). The molecule has 0 unspecified atom stereocenters. The zero-order valence-corrected chi connectivity index (χ0v) is 10.6. The Morgan fingerprint density at radius 3 is 3.00 bits per heavy atom. The van der Waals surface area contributed by atoms with E-state index in [4.69, 9.17) is 22.1 Å². The van der Waals surface area contributed by atoms with Gasteiger partial charge < -0.3 is 15.8 Å². The second kappa shape index (κ2) is 7.14. The van der Waals surface area contributed by atoms with Crippen molar-refractivity contribution in [2.24, 2.45) is 0 Å². The number of hydrogen-bond donors (Lipinski definition) is 2. The molecule has 1 aromatic rings. The van der Waals surface area contributed by atoms with Crippen LogP contribution in [-0.4, -0.2) is 25.7 Å². The van der Waals surface area contributed by atoms with Gasteiger partial charge in [-0.25, -0.2) is 0 Å². The number of anilines is 1. The lowest BCUT2D eigenvalue weighted by molar-refractivity contribution is 0.0944. The molecule has 0 aliphatic heterocycles. The Morgan fingerprint density at radius 2 is 2.29 bits per heavy atom. The van der Waals surface area contributed by atoms with Crippen LogP contribution in [0.1, 0.15) is 23.7 Å². The molecule has 17 heavy (non-hydrogen) atoms. The number of carbonyl (C=O) groups excluding carboxylic acids is 1. The van der Waals surface area contributed by atoms with Crippen molar-refractivity contribution in [2.75, 3.05) is 25.5 Å². The minimum atomic E-state index is -0.209. The molecule has 1 aromatic carbocycles. The average molecular weight is 257 g/mol. The zero-order chi connectivity index (χ0) is 12.7. The molecule has 3 N–H and O–H groups in total. The lowest BCUT2D eigenvalue weighted by atomic mass is 10.2. The Hall–Kier alpha value is -1.26. The van der Waals surface area contributed by atoms with Gasteiger partial charge in [0.1, 0.15) is 0 Å². The van der Waals surface area contributed by atoms with Crippen molar-refractivity contribution in [1.29, 1.82) is 0 Å². The first-order chi connectivity index (χ1) is 8.15. The van der Waals surface area contributed by atoms with Crippen molar-refractivity contribution in [2.45, 2.75) is 13.3 Å². The number of nitrogen functional groups attached to an aromatic ring is 1. The lowest BCUT2D eigenvalue weighted by Crippen LogP contribution is -2.25. The molecule has 0 radical (unpaired) electrons. The number of amides is 1. The van der Waals surface area contributed by atoms with Gasteiger partial charge >= 0.3 is 0 Å². The summed E-state index contributed by atoms with van der Waals surface area (Å²) in [6, 6.07) is 4.85. The third-order valence-corrected chi connectivity index (χ3v) is 2.52. The highest BCUT2D eigenvalue weighted by molar-refractivity contribution is 6.34. The summed E-state index contributed by atoms with van der Waals surface area (Å²) in [6.07, 6.45) is 0.777. The van der Waals surface area contributed by atoms with Crippen LogP contribution in [0.2, 0.25) is 5.02 Å². The number of nitrogens with two attached hydrogens (primary N) is 1. The predicted molar refractivity (Wildman–Crippen MR) is 69.3 cm³/mol. The van der Waals surface area contributed by atoms with E-state index < -0.39 is 0 Å². The predicted octanol–water partition coefficient (Wildman–Crippen LogP) is 2.08. The van der Waals surface area contributed by atoms with Crippen molar-refractivity contribution < 1.29 is 9.53 Å². The van der Waals surface area contributed by atoms with E-state index in [9.17, 15) is 4.79 Å². The minimum absolute atomic E-state index is 0.209. The molecule has 1 amide bonds.